The van der Waals surface area contributed by atoms with Gasteiger partial charge in [-0.15, -0.1) is 0 Å². The highest BCUT2D eigenvalue weighted by atomic mass is 16.6. The molecule has 0 heterocycles. The molecule has 0 aromatic rings. The van der Waals surface area contributed by atoms with Crippen LogP contribution in [0, 0.1) is 11.8 Å². The summed E-state index contributed by atoms with van der Waals surface area (Å²) in [6.07, 6.45) is 23.9. The Hall–Kier alpha value is -2.73. The topological polar surface area (TPSA) is 155 Å². The minimum atomic E-state index is -0.503. The molecule has 344 valence electrons. The van der Waals surface area contributed by atoms with Crippen molar-refractivity contribution in [2.45, 2.75) is 207 Å². The van der Waals surface area contributed by atoms with Gasteiger partial charge in [0.15, 0.2) is 0 Å². The van der Waals surface area contributed by atoms with Crippen LogP contribution < -0.4 is 0 Å². The van der Waals surface area contributed by atoms with Crippen LogP contribution in [0.3, 0.4) is 0 Å². The molecule has 1 fully saturated rings. The second kappa shape index (κ2) is 38.2. The molecule has 1 saturated carbocycles. The molecule has 0 aromatic carbocycles. The van der Waals surface area contributed by atoms with Crippen molar-refractivity contribution in [1.82, 2.24) is 4.90 Å². The number of esters is 5. The van der Waals surface area contributed by atoms with E-state index in [4.69, 9.17) is 23.7 Å². The summed E-state index contributed by atoms with van der Waals surface area (Å²) >= 11 is 0. The molecular formula is C47H85NO11. The zero-order chi connectivity index (χ0) is 43.2. The Morgan fingerprint density at radius 2 is 0.797 bits per heavy atom. The first-order valence-electron chi connectivity index (χ1n) is 23.8. The van der Waals surface area contributed by atoms with Crippen LogP contribution in [0.4, 0.5) is 0 Å². The van der Waals surface area contributed by atoms with Crippen molar-refractivity contribution in [2.24, 2.45) is 11.8 Å². The Bertz CT molecular complexity index is 1050. The highest BCUT2D eigenvalue weighted by Crippen LogP contribution is 2.25. The lowest BCUT2D eigenvalue weighted by molar-refractivity contribution is -0.155. The summed E-state index contributed by atoms with van der Waals surface area (Å²) in [5.74, 6) is -2.36. The summed E-state index contributed by atoms with van der Waals surface area (Å²) in [6.45, 7) is 8.32. The molecule has 1 unspecified atom stereocenters. The largest absolute Gasteiger partial charge is 0.465 e. The van der Waals surface area contributed by atoms with Gasteiger partial charge in [-0.25, -0.2) is 0 Å². The van der Waals surface area contributed by atoms with Crippen molar-refractivity contribution in [3.63, 3.8) is 0 Å². The Morgan fingerprint density at radius 1 is 0.458 bits per heavy atom. The van der Waals surface area contributed by atoms with E-state index in [-0.39, 0.29) is 82.3 Å². The number of nitrogens with zero attached hydrogens (tertiary/aromatic N) is 1. The lowest BCUT2D eigenvalue weighted by Crippen LogP contribution is -2.42. The molecule has 1 N–H and O–H groups in total. The highest BCUT2D eigenvalue weighted by Gasteiger charge is 2.24. The second-order valence-corrected chi connectivity index (χ2v) is 16.7. The Morgan fingerprint density at radius 3 is 1.14 bits per heavy atom. The summed E-state index contributed by atoms with van der Waals surface area (Å²) in [4.78, 5) is 65.2. The first kappa shape index (κ1) is 54.3. The number of carbonyl (C=O) groups is 5. The predicted octanol–water partition coefficient (Wildman–Crippen LogP) is 9.59. The number of hydrogen-bond acceptors (Lipinski definition) is 12. The fourth-order valence-corrected chi connectivity index (χ4v) is 7.05. The van der Waals surface area contributed by atoms with E-state index in [0.717, 1.165) is 116 Å². The van der Waals surface area contributed by atoms with Gasteiger partial charge < -0.3 is 28.8 Å². The summed E-state index contributed by atoms with van der Waals surface area (Å²) in [6, 6.07) is 0.572. The zero-order valence-corrected chi connectivity index (χ0v) is 37.7. The third kappa shape index (κ3) is 31.8. The van der Waals surface area contributed by atoms with Crippen LogP contribution in [0.5, 0.6) is 0 Å². The van der Waals surface area contributed by atoms with Gasteiger partial charge in [0.25, 0.3) is 0 Å². The maximum absolute atomic E-state index is 12.9. The van der Waals surface area contributed by atoms with Crippen LogP contribution in [0.1, 0.15) is 201 Å². The maximum atomic E-state index is 12.9. The summed E-state index contributed by atoms with van der Waals surface area (Å²) in [5, 5.41) is 9.40. The molecule has 12 heteroatoms. The molecule has 1 atom stereocenters. The van der Waals surface area contributed by atoms with Crippen molar-refractivity contribution in [3.05, 3.63) is 0 Å². The van der Waals surface area contributed by atoms with Crippen LogP contribution in [0.15, 0.2) is 0 Å². The number of carbonyl (C=O) groups excluding carboxylic acids is 5. The number of ether oxygens (including phenoxy) is 5. The van der Waals surface area contributed by atoms with Crippen LogP contribution in [0.2, 0.25) is 0 Å². The molecule has 1 aliphatic rings. The average molecular weight is 840 g/mol. The van der Waals surface area contributed by atoms with Crippen LogP contribution in [-0.4, -0.2) is 98.6 Å². The van der Waals surface area contributed by atoms with Gasteiger partial charge in [0.05, 0.1) is 25.7 Å². The Kier molecular flexibility index (Phi) is 35.2. The number of aliphatic hydroxyl groups is 1. The van der Waals surface area contributed by atoms with Gasteiger partial charge >= 0.3 is 29.8 Å². The molecule has 0 spiro atoms. The van der Waals surface area contributed by atoms with E-state index in [1.54, 1.807) is 0 Å². The molecule has 59 heavy (non-hydrogen) atoms. The Labute approximate surface area is 357 Å². The minimum absolute atomic E-state index is 0.0216. The van der Waals surface area contributed by atoms with Crippen molar-refractivity contribution < 1.29 is 52.8 Å². The zero-order valence-electron chi connectivity index (χ0n) is 37.7. The molecule has 1 rings (SSSR count). The van der Waals surface area contributed by atoms with E-state index in [0.29, 0.717) is 51.1 Å². The van der Waals surface area contributed by atoms with Gasteiger partial charge in [0.2, 0.25) is 0 Å². The van der Waals surface area contributed by atoms with E-state index in [9.17, 15) is 29.1 Å². The standard InChI is InChI=1S/C47H85NO11/c1-4-7-10-13-17-27-43(50)55-35-40(36-56-44(51)28-18-14-11-8-5-2)24-22-31-47(54)59-39-41(37-57-45(52)29-19-15-12-9-6-3)38-58-46(53)30-20-16-21-32-48(33-34-49)42-25-23-26-42/h40-42,49H,4-39H2,1-3H3. The molecule has 0 aromatic heterocycles. The van der Waals surface area contributed by atoms with Crippen molar-refractivity contribution in [1.29, 1.82) is 0 Å². The van der Waals surface area contributed by atoms with E-state index in [1.165, 1.54) is 19.3 Å². The smallest absolute Gasteiger partial charge is 0.305 e. The van der Waals surface area contributed by atoms with E-state index >= 15 is 0 Å². The first-order chi connectivity index (χ1) is 28.7. The highest BCUT2D eigenvalue weighted by molar-refractivity contribution is 5.71. The van der Waals surface area contributed by atoms with Crippen LogP contribution in [0.25, 0.3) is 0 Å². The number of rotatable bonds is 41. The third-order valence-electron chi connectivity index (χ3n) is 11.2. The maximum Gasteiger partial charge on any atom is 0.305 e. The predicted molar refractivity (Wildman–Crippen MR) is 231 cm³/mol. The normalized spacial score (nSPS) is 13.3. The van der Waals surface area contributed by atoms with E-state index < -0.39 is 11.9 Å². The van der Waals surface area contributed by atoms with Gasteiger partial charge in [-0.05, 0) is 64.3 Å². The molecule has 0 saturated heterocycles. The minimum Gasteiger partial charge on any atom is -0.465 e. The first-order valence-corrected chi connectivity index (χ1v) is 23.8. The fourth-order valence-electron chi connectivity index (χ4n) is 7.05. The van der Waals surface area contributed by atoms with Crippen molar-refractivity contribution in [2.75, 3.05) is 52.7 Å². The quantitative estimate of drug-likeness (QED) is 0.0354. The molecule has 0 bridgehead atoms. The molecular weight excluding hydrogens is 755 g/mol. The lowest BCUT2D eigenvalue weighted by Gasteiger charge is -2.37. The fraction of sp³-hybridized carbons (Fsp3) is 0.894. The monoisotopic (exact) mass is 840 g/mol. The van der Waals surface area contributed by atoms with Gasteiger partial charge in [0, 0.05) is 50.6 Å². The van der Waals surface area contributed by atoms with Gasteiger partial charge in [-0.2, -0.15) is 0 Å². The van der Waals surface area contributed by atoms with Crippen LogP contribution in [-0.2, 0) is 47.7 Å². The molecule has 12 nitrogen and oxygen atoms in total. The molecule has 0 radical (unpaired) electrons. The third-order valence-corrected chi connectivity index (χ3v) is 11.2. The Balaban J connectivity index is 2.61. The average Bonchev–Trinajstić information content (AvgIpc) is 3.20. The number of aliphatic hydroxyl groups excluding tert-OH is 1. The lowest BCUT2D eigenvalue weighted by atomic mass is 9.91. The second-order valence-electron chi connectivity index (χ2n) is 16.7. The summed E-state index contributed by atoms with van der Waals surface area (Å²) < 4.78 is 27.8. The molecule has 0 aliphatic heterocycles. The van der Waals surface area contributed by atoms with Crippen molar-refractivity contribution in [3.8, 4) is 0 Å². The SMILES string of the molecule is CCCCCCCC(=O)OCC(CCCC(=O)OCC(COC(=O)CCCCCCC)COC(=O)CCCCCN(CCO)C1CCC1)COC(=O)CCCCCCC. The molecule has 0 amide bonds. The summed E-state index contributed by atoms with van der Waals surface area (Å²) in [5.41, 5.74) is 0. The molecule has 1 aliphatic carbocycles. The van der Waals surface area contributed by atoms with Gasteiger partial charge in [0.1, 0.15) is 19.8 Å². The van der Waals surface area contributed by atoms with E-state index in [1.807, 2.05) is 0 Å². The number of unbranched alkanes of at least 4 members (excludes halogenated alkanes) is 14. The van der Waals surface area contributed by atoms with Crippen LogP contribution >= 0.6 is 0 Å². The van der Waals surface area contributed by atoms with Crippen molar-refractivity contribution >= 4 is 29.8 Å². The summed E-state index contributed by atoms with van der Waals surface area (Å²) in [7, 11) is 0. The van der Waals surface area contributed by atoms with Gasteiger partial charge in [-0.3, -0.25) is 28.9 Å². The number of hydrogen-bond donors (Lipinski definition) is 1. The van der Waals surface area contributed by atoms with Gasteiger partial charge in [-0.1, -0.05) is 111 Å². The van der Waals surface area contributed by atoms with E-state index in [2.05, 4.69) is 25.7 Å².